The van der Waals surface area contributed by atoms with E-state index in [2.05, 4.69) is 30.8 Å². The maximum Gasteiger partial charge on any atom is 0.410 e. The van der Waals surface area contributed by atoms with Gasteiger partial charge in [-0.25, -0.2) is 14.8 Å². The highest BCUT2D eigenvalue weighted by Crippen LogP contribution is 2.36. The number of fused-ring (bicyclic) bond motifs is 1. The summed E-state index contributed by atoms with van der Waals surface area (Å²) in [5, 5.41) is 18.1. The van der Waals surface area contributed by atoms with Crippen LogP contribution in [0.15, 0.2) is 30.7 Å². The molecule has 14 nitrogen and oxygen atoms in total. The number of carboxylic acid groups (broad SMARTS) is 1. The average molecular weight is 598 g/mol. The van der Waals surface area contributed by atoms with Gasteiger partial charge in [-0.05, 0) is 39.3 Å². The van der Waals surface area contributed by atoms with Crippen molar-refractivity contribution >= 4 is 46.6 Å². The molecule has 2 aromatic rings. The molecular formula is C29H39N7O7. The number of carbonyl (C=O) groups is 3. The lowest BCUT2D eigenvalue weighted by molar-refractivity contribution is -0.137. The molecule has 14 heteroatoms. The molecule has 232 valence electrons. The highest BCUT2D eigenvalue weighted by atomic mass is 16.6. The second kappa shape index (κ2) is 14.1. The highest BCUT2D eigenvalue weighted by molar-refractivity contribution is 6.32. The first-order chi connectivity index (χ1) is 20.5. The van der Waals surface area contributed by atoms with Gasteiger partial charge < -0.3 is 45.1 Å². The summed E-state index contributed by atoms with van der Waals surface area (Å²) >= 11 is 0. The summed E-state index contributed by atoms with van der Waals surface area (Å²) in [7, 11) is 1.65. The van der Waals surface area contributed by atoms with E-state index in [1.54, 1.807) is 13.2 Å². The average Bonchev–Trinajstić information content (AvgIpc) is 3.29. The van der Waals surface area contributed by atoms with E-state index in [0.29, 0.717) is 80.0 Å². The molecule has 2 aliphatic heterocycles. The molecular weight excluding hydrogens is 558 g/mol. The van der Waals surface area contributed by atoms with Crippen molar-refractivity contribution in [3.63, 3.8) is 0 Å². The summed E-state index contributed by atoms with van der Waals surface area (Å²) in [6.45, 7) is 9.01. The van der Waals surface area contributed by atoms with Gasteiger partial charge in [-0.1, -0.05) is 0 Å². The summed E-state index contributed by atoms with van der Waals surface area (Å²) in [6.07, 6.45) is 2.89. The Kier molecular flexibility index (Phi) is 10.2. The van der Waals surface area contributed by atoms with Crippen LogP contribution in [0, 0.1) is 0 Å². The quantitative estimate of drug-likeness (QED) is 0.209. The molecule has 0 atom stereocenters. The molecule has 0 spiro atoms. The number of carbonyl (C=O) groups excluding carboxylic acids is 2. The van der Waals surface area contributed by atoms with Crippen LogP contribution in [0.1, 0.15) is 39.2 Å². The van der Waals surface area contributed by atoms with Gasteiger partial charge in [0.25, 0.3) is 5.91 Å². The summed E-state index contributed by atoms with van der Waals surface area (Å²) in [5.41, 5.74) is 1.80. The Morgan fingerprint density at radius 2 is 2.00 bits per heavy atom. The van der Waals surface area contributed by atoms with Gasteiger partial charge in [-0.2, -0.15) is 0 Å². The van der Waals surface area contributed by atoms with Gasteiger partial charge in [0.05, 0.1) is 36.6 Å². The number of morpholine rings is 1. The third-order valence-electron chi connectivity index (χ3n) is 6.53. The molecule has 1 aromatic heterocycles. The number of amides is 2. The minimum absolute atomic E-state index is 0.0151. The van der Waals surface area contributed by atoms with Gasteiger partial charge in [0.15, 0.2) is 0 Å². The van der Waals surface area contributed by atoms with Crippen LogP contribution in [-0.2, 0) is 19.1 Å². The maximum absolute atomic E-state index is 12.9. The fraction of sp³-hybridized carbons (Fsp3) is 0.483. The van der Waals surface area contributed by atoms with Crippen LogP contribution in [0.5, 0.6) is 5.75 Å². The van der Waals surface area contributed by atoms with Crippen LogP contribution in [0.25, 0.3) is 5.57 Å². The van der Waals surface area contributed by atoms with Crippen LogP contribution in [0.3, 0.4) is 0 Å². The van der Waals surface area contributed by atoms with Gasteiger partial charge in [-0.3, -0.25) is 9.59 Å². The molecule has 1 saturated heterocycles. The third-order valence-corrected chi connectivity index (χ3v) is 6.53. The molecule has 3 heterocycles. The smallest absolute Gasteiger partial charge is 0.410 e. The number of carboxylic acids is 1. The molecule has 2 amide bonds. The van der Waals surface area contributed by atoms with E-state index in [-0.39, 0.29) is 18.9 Å². The second-order valence-electron chi connectivity index (χ2n) is 11.1. The Hall–Kier alpha value is -4.59. The summed E-state index contributed by atoms with van der Waals surface area (Å²) in [4.78, 5) is 48.2. The van der Waals surface area contributed by atoms with Gasteiger partial charge >= 0.3 is 12.1 Å². The monoisotopic (exact) mass is 597 g/mol. The van der Waals surface area contributed by atoms with Crippen LogP contribution >= 0.6 is 0 Å². The van der Waals surface area contributed by atoms with E-state index in [0.717, 1.165) is 5.69 Å². The van der Waals surface area contributed by atoms with E-state index in [4.69, 9.17) is 19.3 Å². The Bertz CT molecular complexity index is 1350. The van der Waals surface area contributed by atoms with Crippen LogP contribution in [0.4, 0.5) is 27.8 Å². The number of benzene rings is 1. The predicted octanol–water partition coefficient (Wildman–Crippen LogP) is 3.24. The predicted molar refractivity (Wildman–Crippen MR) is 161 cm³/mol. The minimum atomic E-state index is -0.873. The third kappa shape index (κ3) is 8.70. The molecule has 0 bridgehead atoms. The van der Waals surface area contributed by atoms with Crippen molar-refractivity contribution in [3.8, 4) is 5.75 Å². The first kappa shape index (κ1) is 31.3. The SMILES string of the molecule is CN(CCNc1ncnc2c1/C(=C/Nc1ccc(N3CCOCC3)c(OCCCC(=O)O)c1)C(=O)N2)C(=O)OC(C)(C)C. The molecule has 2 aliphatic rings. The normalized spacial score (nSPS) is 15.5. The molecule has 0 unspecified atom stereocenters. The number of hydrogen-bond acceptors (Lipinski definition) is 11. The van der Waals surface area contributed by atoms with E-state index in [1.807, 2.05) is 39.0 Å². The molecule has 1 fully saturated rings. The number of hydrogen-bond donors (Lipinski definition) is 4. The number of rotatable bonds is 12. The standard InChI is InChI=1S/C29H39N7O7/c1-29(2,3)43-28(40)35(4)10-9-30-25-24-20(27(39)34-26(24)33-18-32-25)17-31-19-7-8-21(36-11-14-41-15-12-36)22(16-19)42-13-5-6-23(37)38/h7-8,16-18,31H,5-6,9-15H2,1-4H3,(H,37,38)(H2,30,32,33,34,39)/b20-17-. The Balaban J connectivity index is 1.48. The number of anilines is 4. The molecule has 4 N–H and O–H groups in total. The molecule has 0 aliphatic carbocycles. The van der Waals surface area contributed by atoms with Crippen molar-refractivity contribution in [2.75, 3.05) is 73.9 Å². The van der Waals surface area contributed by atoms with Crippen LogP contribution in [0.2, 0.25) is 0 Å². The lowest BCUT2D eigenvalue weighted by Gasteiger charge is -2.30. The zero-order valence-electron chi connectivity index (χ0n) is 24.9. The van der Waals surface area contributed by atoms with Gasteiger partial charge in [0.1, 0.15) is 29.3 Å². The molecule has 0 saturated carbocycles. The van der Waals surface area contributed by atoms with Gasteiger partial charge in [0, 0.05) is 57.6 Å². The molecule has 0 radical (unpaired) electrons. The van der Waals surface area contributed by atoms with E-state index in [1.165, 1.54) is 11.2 Å². The van der Waals surface area contributed by atoms with Crippen molar-refractivity contribution < 1.29 is 33.7 Å². The Morgan fingerprint density at radius 1 is 1.23 bits per heavy atom. The number of likely N-dealkylation sites (N-methyl/N-ethyl adjacent to an activating group) is 1. The Labute approximate surface area is 250 Å². The number of nitrogens with one attached hydrogen (secondary N) is 3. The van der Waals surface area contributed by atoms with E-state index >= 15 is 0 Å². The van der Waals surface area contributed by atoms with Crippen LogP contribution < -0.4 is 25.6 Å². The summed E-state index contributed by atoms with van der Waals surface area (Å²) < 4.78 is 16.9. The topological polar surface area (TPSA) is 167 Å². The summed E-state index contributed by atoms with van der Waals surface area (Å²) in [6, 6.07) is 5.63. The first-order valence-electron chi connectivity index (χ1n) is 14.1. The molecule has 43 heavy (non-hydrogen) atoms. The fourth-order valence-electron chi connectivity index (χ4n) is 4.41. The number of nitrogens with zero attached hydrogens (tertiary/aromatic N) is 4. The summed E-state index contributed by atoms with van der Waals surface area (Å²) in [5.74, 6) is 0.209. The van der Waals surface area contributed by atoms with Crippen LogP contribution in [-0.4, -0.2) is 96.6 Å². The van der Waals surface area contributed by atoms with Crippen molar-refractivity contribution in [1.82, 2.24) is 14.9 Å². The number of aliphatic carboxylic acids is 1. The van der Waals surface area contributed by atoms with Crippen molar-refractivity contribution in [2.24, 2.45) is 0 Å². The zero-order chi connectivity index (χ0) is 31.0. The number of ether oxygens (including phenoxy) is 3. The second-order valence-corrected chi connectivity index (χ2v) is 11.1. The fourth-order valence-corrected chi connectivity index (χ4v) is 4.41. The minimum Gasteiger partial charge on any atom is -0.491 e. The lowest BCUT2D eigenvalue weighted by Crippen LogP contribution is -2.36. The van der Waals surface area contributed by atoms with Gasteiger partial charge in [-0.15, -0.1) is 0 Å². The van der Waals surface area contributed by atoms with Gasteiger partial charge in [0.2, 0.25) is 0 Å². The van der Waals surface area contributed by atoms with E-state index < -0.39 is 17.7 Å². The number of aromatic nitrogens is 2. The van der Waals surface area contributed by atoms with Crippen molar-refractivity contribution in [3.05, 3.63) is 36.3 Å². The largest absolute Gasteiger partial charge is 0.491 e. The van der Waals surface area contributed by atoms with Crippen molar-refractivity contribution in [1.29, 1.82) is 0 Å². The first-order valence-corrected chi connectivity index (χ1v) is 14.1. The zero-order valence-corrected chi connectivity index (χ0v) is 24.9. The van der Waals surface area contributed by atoms with Crippen molar-refractivity contribution in [2.45, 2.75) is 39.2 Å². The Morgan fingerprint density at radius 3 is 2.72 bits per heavy atom. The highest BCUT2D eigenvalue weighted by Gasteiger charge is 2.29. The lowest BCUT2D eigenvalue weighted by atomic mass is 10.1. The van der Waals surface area contributed by atoms with E-state index in [9.17, 15) is 14.4 Å². The molecule has 4 rings (SSSR count). The molecule has 1 aromatic carbocycles. The maximum atomic E-state index is 12.9.